The van der Waals surface area contributed by atoms with Crippen LogP contribution in [0.2, 0.25) is 0 Å². The number of hydrogen-bond donors (Lipinski definition) is 3. The number of nitro benzene ring substituents is 1. The van der Waals surface area contributed by atoms with E-state index >= 15 is 0 Å². The molecule has 1 fully saturated rings. The molecular weight excluding hydrogens is 266 g/mol. The van der Waals surface area contributed by atoms with E-state index in [0.717, 1.165) is 0 Å². The van der Waals surface area contributed by atoms with Crippen molar-refractivity contribution >= 4 is 17.3 Å². The van der Waals surface area contributed by atoms with Crippen molar-refractivity contribution in [1.29, 1.82) is 0 Å². The van der Waals surface area contributed by atoms with Crippen molar-refractivity contribution in [1.82, 2.24) is 5.32 Å². The summed E-state index contributed by atoms with van der Waals surface area (Å²) in [5.74, 6) is -0.0704. The number of aliphatic hydroxyl groups is 1. The van der Waals surface area contributed by atoms with Gasteiger partial charge in [0.2, 0.25) is 5.91 Å². The average Bonchev–Trinajstić information content (AvgIpc) is 2.85. The molecule has 2 unspecified atom stereocenters. The van der Waals surface area contributed by atoms with Gasteiger partial charge in [-0.25, -0.2) is 0 Å². The molecule has 0 aromatic heterocycles. The predicted octanol–water partition coefficient (Wildman–Crippen LogP) is 0.265. The van der Waals surface area contributed by atoms with Crippen LogP contribution in [-0.2, 0) is 4.79 Å². The summed E-state index contributed by atoms with van der Waals surface area (Å²) in [5.41, 5.74) is -0.139. The summed E-state index contributed by atoms with van der Waals surface area (Å²) in [4.78, 5) is 22.4. The van der Waals surface area contributed by atoms with Crippen molar-refractivity contribution in [2.75, 3.05) is 19.0 Å². The van der Waals surface area contributed by atoms with E-state index in [0.29, 0.717) is 12.3 Å². The molecule has 3 N–H and O–H groups in total. The van der Waals surface area contributed by atoms with Crippen molar-refractivity contribution in [2.24, 2.45) is 0 Å². The van der Waals surface area contributed by atoms with Gasteiger partial charge in [0.1, 0.15) is 11.4 Å². The first-order chi connectivity index (χ1) is 9.51. The Hall–Kier alpha value is -2.19. The average molecular weight is 281 g/mol. The zero-order valence-corrected chi connectivity index (χ0v) is 10.8. The Morgan fingerprint density at radius 1 is 1.60 bits per heavy atom. The zero-order valence-electron chi connectivity index (χ0n) is 10.8. The van der Waals surface area contributed by atoms with Crippen LogP contribution in [0.25, 0.3) is 0 Å². The van der Waals surface area contributed by atoms with Crippen LogP contribution in [0.4, 0.5) is 11.4 Å². The van der Waals surface area contributed by atoms with Gasteiger partial charge in [0.25, 0.3) is 5.69 Å². The van der Waals surface area contributed by atoms with Crippen molar-refractivity contribution in [3.8, 4) is 5.75 Å². The first kappa shape index (κ1) is 14.2. The van der Waals surface area contributed by atoms with Crippen LogP contribution in [0, 0.1) is 10.1 Å². The third-order valence-electron chi connectivity index (χ3n) is 3.08. The number of hydrogen-bond acceptors (Lipinski definition) is 6. The van der Waals surface area contributed by atoms with Gasteiger partial charge in [0.15, 0.2) is 0 Å². The van der Waals surface area contributed by atoms with Gasteiger partial charge in [0, 0.05) is 6.54 Å². The molecule has 0 aliphatic carbocycles. The summed E-state index contributed by atoms with van der Waals surface area (Å²) < 4.78 is 4.92. The van der Waals surface area contributed by atoms with Crippen LogP contribution >= 0.6 is 0 Å². The molecule has 20 heavy (non-hydrogen) atoms. The molecule has 1 aromatic carbocycles. The summed E-state index contributed by atoms with van der Waals surface area (Å²) in [6, 6.07) is 3.64. The van der Waals surface area contributed by atoms with Gasteiger partial charge in [-0.05, 0) is 18.6 Å². The van der Waals surface area contributed by atoms with E-state index in [2.05, 4.69) is 10.6 Å². The summed E-state index contributed by atoms with van der Waals surface area (Å²) >= 11 is 0. The number of nitrogens with one attached hydrogen (secondary N) is 2. The molecule has 0 radical (unpaired) electrons. The molecular formula is C12H15N3O5. The second kappa shape index (κ2) is 5.85. The van der Waals surface area contributed by atoms with E-state index in [4.69, 9.17) is 4.74 Å². The molecule has 8 heteroatoms. The van der Waals surface area contributed by atoms with E-state index in [1.54, 1.807) is 0 Å². The monoisotopic (exact) mass is 281 g/mol. The second-order valence-corrected chi connectivity index (χ2v) is 4.48. The third kappa shape index (κ3) is 3.03. The SMILES string of the molecule is COc1ccc(NC(=O)C2CC(O)CN2)c([N+](=O)[O-])c1. The number of anilines is 1. The smallest absolute Gasteiger partial charge is 0.296 e. The first-order valence-corrected chi connectivity index (χ1v) is 6.06. The number of β-amino-alcohol motifs (C(OH)–C–C–N with tert-alkyl or cyclic N) is 1. The summed E-state index contributed by atoms with van der Waals surface area (Å²) in [7, 11) is 1.40. The molecule has 2 rings (SSSR count). The Morgan fingerprint density at radius 2 is 2.35 bits per heavy atom. The standard InChI is InChI=1S/C12H15N3O5/c1-20-8-2-3-9(11(5-8)15(18)19)14-12(17)10-4-7(16)6-13-10/h2-3,5,7,10,13,16H,4,6H2,1H3,(H,14,17). The number of nitrogens with zero attached hydrogens (tertiary/aromatic N) is 1. The largest absolute Gasteiger partial charge is 0.496 e. The van der Waals surface area contributed by atoms with Gasteiger partial charge < -0.3 is 20.5 Å². The zero-order chi connectivity index (χ0) is 14.7. The molecule has 1 heterocycles. The summed E-state index contributed by atoms with van der Waals surface area (Å²) in [5, 5.41) is 25.7. The fourth-order valence-corrected chi connectivity index (χ4v) is 2.03. The van der Waals surface area contributed by atoms with Crippen molar-refractivity contribution in [2.45, 2.75) is 18.6 Å². The number of rotatable bonds is 4. The van der Waals surface area contributed by atoms with Crippen LogP contribution in [0.15, 0.2) is 18.2 Å². The summed E-state index contributed by atoms with van der Waals surface area (Å²) in [6.45, 7) is 0.336. The fourth-order valence-electron chi connectivity index (χ4n) is 2.03. The highest BCUT2D eigenvalue weighted by Gasteiger charge is 2.29. The van der Waals surface area contributed by atoms with Crippen LogP contribution in [0.5, 0.6) is 5.75 Å². The first-order valence-electron chi connectivity index (χ1n) is 6.06. The molecule has 1 aliphatic heterocycles. The molecule has 0 bridgehead atoms. The lowest BCUT2D eigenvalue weighted by atomic mass is 10.2. The van der Waals surface area contributed by atoms with Gasteiger partial charge in [-0.1, -0.05) is 0 Å². The number of ether oxygens (including phenoxy) is 1. The molecule has 1 saturated heterocycles. The van der Waals surface area contributed by atoms with Gasteiger partial charge in [0.05, 0.1) is 30.2 Å². The minimum Gasteiger partial charge on any atom is -0.496 e. The predicted molar refractivity (Wildman–Crippen MR) is 70.7 cm³/mol. The number of aliphatic hydroxyl groups excluding tert-OH is 1. The van der Waals surface area contributed by atoms with Crippen LogP contribution in [0.3, 0.4) is 0 Å². The Labute approximate surface area is 114 Å². The normalized spacial score (nSPS) is 21.5. The van der Waals surface area contributed by atoms with Crippen LogP contribution < -0.4 is 15.4 Å². The lowest BCUT2D eigenvalue weighted by Gasteiger charge is -2.11. The van der Waals surface area contributed by atoms with E-state index in [1.807, 2.05) is 0 Å². The summed E-state index contributed by atoms with van der Waals surface area (Å²) in [6.07, 6.45) is -0.285. The molecule has 108 valence electrons. The van der Waals surface area contributed by atoms with Crippen molar-refractivity contribution < 1.29 is 19.6 Å². The fraction of sp³-hybridized carbons (Fsp3) is 0.417. The van der Waals surface area contributed by atoms with Gasteiger partial charge in [-0.2, -0.15) is 0 Å². The number of benzene rings is 1. The number of methoxy groups -OCH3 is 1. The molecule has 0 saturated carbocycles. The quantitative estimate of drug-likeness (QED) is 0.539. The molecule has 1 aromatic rings. The molecule has 2 atom stereocenters. The molecule has 1 aliphatic rings. The maximum absolute atomic E-state index is 12.0. The van der Waals surface area contributed by atoms with Gasteiger partial charge >= 0.3 is 0 Å². The highest BCUT2D eigenvalue weighted by Crippen LogP contribution is 2.29. The lowest BCUT2D eigenvalue weighted by molar-refractivity contribution is -0.384. The maximum atomic E-state index is 12.0. The Kier molecular flexibility index (Phi) is 4.16. The van der Waals surface area contributed by atoms with Gasteiger partial charge in [-0.15, -0.1) is 0 Å². The number of nitro groups is 1. The maximum Gasteiger partial charge on any atom is 0.296 e. The third-order valence-corrected chi connectivity index (χ3v) is 3.08. The minimum absolute atomic E-state index is 0.101. The highest BCUT2D eigenvalue weighted by atomic mass is 16.6. The van der Waals surface area contributed by atoms with Crippen LogP contribution in [0.1, 0.15) is 6.42 Å². The minimum atomic E-state index is -0.588. The lowest BCUT2D eigenvalue weighted by Crippen LogP contribution is -2.35. The van der Waals surface area contributed by atoms with Crippen molar-refractivity contribution in [3.63, 3.8) is 0 Å². The number of carbonyl (C=O) groups excluding carboxylic acids is 1. The van der Waals surface area contributed by atoms with E-state index < -0.39 is 23.0 Å². The van der Waals surface area contributed by atoms with E-state index in [-0.39, 0.29) is 17.8 Å². The molecule has 8 nitrogen and oxygen atoms in total. The second-order valence-electron chi connectivity index (χ2n) is 4.48. The van der Waals surface area contributed by atoms with E-state index in [9.17, 15) is 20.0 Å². The topological polar surface area (TPSA) is 114 Å². The number of amides is 1. The highest BCUT2D eigenvalue weighted by molar-refractivity contribution is 5.97. The molecule has 0 spiro atoms. The van der Waals surface area contributed by atoms with E-state index in [1.165, 1.54) is 25.3 Å². The van der Waals surface area contributed by atoms with Gasteiger partial charge in [-0.3, -0.25) is 14.9 Å². The Morgan fingerprint density at radius 3 is 2.90 bits per heavy atom. The van der Waals surface area contributed by atoms with Crippen LogP contribution in [-0.4, -0.2) is 41.7 Å². The molecule has 1 amide bonds. The Balaban J connectivity index is 2.16. The Bertz CT molecular complexity index is 534. The van der Waals surface area contributed by atoms with Crippen molar-refractivity contribution in [3.05, 3.63) is 28.3 Å². The number of carbonyl (C=O) groups is 1.